The summed E-state index contributed by atoms with van der Waals surface area (Å²) in [6.45, 7) is 9.07. The summed E-state index contributed by atoms with van der Waals surface area (Å²) in [5.41, 5.74) is 6.42. The summed E-state index contributed by atoms with van der Waals surface area (Å²) in [6.07, 6.45) is 6.07. The van der Waals surface area contributed by atoms with Crippen molar-refractivity contribution in [3.05, 3.63) is 22.4 Å². The number of nitrogens with two attached hydrogens (primary N) is 1. The van der Waals surface area contributed by atoms with Gasteiger partial charge >= 0.3 is 0 Å². The Kier molecular flexibility index (Phi) is 8.35. The summed E-state index contributed by atoms with van der Waals surface area (Å²) in [6, 6.07) is 5.04. The fraction of sp³-hybridized carbons (Fsp3) is 0.750. The van der Waals surface area contributed by atoms with E-state index in [9.17, 15) is 0 Å². The number of nitrogens with zero attached hydrogens (tertiary/aromatic N) is 1. The molecule has 0 amide bonds. The molecule has 2 N–H and O–H groups in total. The van der Waals surface area contributed by atoms with Crippen molar-refractivity contribution in [2.45, 2.75) is 65.0 Å². The minimum absolute atomic E-state index is 0.243. The summed E-state index contributed by atoms with van der Waals surface area (Å²) in [5, 5.41) is 2.17. The smallest absolute Gasteiger partial charge is 0.0593 e. The van der Waals surface area contributed by atoms with Crippen LogP contribution in [-0.4, -0.2) is 24.0 Å². The van der Waals surface area contributed by atoms with Crippen LogP contribution in [0.4, 0.5) is 0 Å². The van der Waals surface area contributed by atoms with Crippen LogP contribution >= 0.6 is 11.3 Å². The maximum Gasteiger partial charge on any atom is 0.0593 e. The Bertz CT molecular complexity index is 303. The summed E-state index contributed by atoms with van der Waals surface area (Å²) < 4.78 is 0. The van der Waals surface area contributed by atoms with Gasteiger partial charge in [-0.15, -0.1) is 11.3 Å². The highest BCUT2D eigenvalue weighted by molar-refractivity contribution is 7.10. The highest BCUT2D eigenvalue weighted by Gasteiger charge is 2.25. The topological polar surface area (TPSA) is 29.3 Å². The lowest BCUT2D eigenvalue weighted by Gasteiger charge is -2.35. The Morgan fingerprint density at radius 1 is 1.16 bits per heavy atom. The van der Waals surface area contributed by atoms with Crippen molar-refractivity contribution in [1.29, 1.82) is 0 Å². The summed E-state index contributed by atoms with van der Waals surface area (Å²) in [7, 11) is 0. The predicted octanol–water partition coefficient (Wildman–Crippen LogP) is 4.43. The molecular weight excluding hydrogens is 252 g/mol. The van der Waals surface area contributed by atoms with E-state index in [0.717, 1.165) is 6.42 Å². The van der Waals surface area contributed by atoms with Crippen molar-refractivity contribution in [2.75, 3.05) is 13.1 Å². The average Bonchev–Trinajstić information content (AvgIpc) is 2.94. The summed E-state index contributed by atoms with van der Waals surface area (Å²) in [5.74, 6) is 0. The van der Waals surface area contributed by atoms with Gasteiger partial charge in [-0.1, -0.05) is 39.7 Å². The predicted molar refractivity (Wildman–Crippen MR) is 86.7 cm³/mol. The first kappa shape index (κ1) is 16.7. The lowest BCUT2D eigenvalue weighted by atomic mass is 10.0. The molecule has 0 spiro atoms. The second-order valence-electron chi connectivity index (χ2n) is 5.28. The lowest BCUT2D eigenvalue weighted by Crippen LogP contribution is -2.41. The molecule has 1 rings (SSSR count). The second-order valence-corrected chi connectivity index (χ2v) is 6.25. The largest absolute Gasteiger partial charge is 0.326 e. The number of unbranched alkanes of at least 4 members (excludes halogenated alkanes) is 2. The van der Waals surface area contributed by atoms with Crippen LogP contribution in [0.5, 0.6) is 0 Å². The maximum absolute atomic E-state index is 6.42. The van der Waals surface area contributed by atoms with Gasteiger partial charge in [-0.3, -0.25) is 4.90 Å². The molecule has 0 aliphatic heterocycles. The Morgan fingerprint density at radius 2 is 1.79 bits per heavy atom. The molecular formula is C16H30N2S. The minimum atomic E-state index is 0.243. The Balaban J connectivity index is 2.82. The molecule has 1 aromatic rings. The highest BCUT2D eigenvalue weighted by atomic mass is 32.1. The molecule has 1 heterocycles. The molecule has 0 saturated heterocycles. The normalized spacial score (nSPS) is 14.8. The van der Waals surface area contributed by atoms with E-state index >= 15 is 0 Å². The van der Waals surface area contributed by atoms with Crippen LogP contribution in [0, 0.1) is 0 Å². The zero-order chi connectivity index (χ0) is 14.1. The second kappa shape index (κ2) is 9.51. The minimum Gasteiger partial charge on any atom is -0.326 e. The number of hydrogen-bond acceptors (Lipinski definition) is 3. The molecule has 19 heavy (non-hydrogen) atoms. The van der Waals surface area contributed by atoms with Gasteiger partial charge in [0.15, 0.2) is 0 Å². The van der Waals surface area contributed by atoms with E-state index in [1.165, 1.54) is 43.6 Å². The zero-order valence-electron chi connectivity index (χ0n) is 12.8. The van der Waals surface area contributed by atoms with E-state index in [2.05, 4.69) is 43.2 Å². The molecule has 0 fully saturated rings. The quantitative estimate of drug-likeness (QED) is 0.688. The van der Waals surface area contributed by atoms with Crippen molar-refractivity contribution in [2.24, 2.45) is 5.73 Å². The molecule has 0 aliphatic carbocycles. The standard InChI is InChI=1S/C16H30N2S/c1-4-7-11-18(12-8-5-2)16(14(17)6-3)15-10-9-13-19-15/h9-10,13-14,16H,4-8,11-12,17H2,1-3H3. The monoisotopic (exact) mass is 282 g/mol. The third-order valence-electron chi connectivity index (χ3n) is 3.70. The van der Waals surface area contributed by atoms with E-state index < -0.39 is 0 Å². The van der Waals surface area contributed by atoms with Gasteiger partial charge in [-0.25, -0.2) is 0 Å². The van der Waals surface area contributed by atoms with Crippen LogP contribution in [0.2, 0.25) is 0 Å². The molecule has 0 aromatic carbocycles. The average molecular weight is 282 g/mol. The molecule has 0 saturated carbocycles. The van der Waals surface area contributed by atoms with Crippen molar-refractivity contribution in [3.63, 3.8) is 0 Å². The van der Waals surface area contributed by atoms with Crippen LogP contribution in [-0.2, 0) is 0 Å². The summed E-state index contributed by atoms with van der Waals surface area (Å²) in [4.78, 5) is 4.05. The van der Waals surface area contributed by atoms with Gasteiger partial charge in [0.05, 0.1) is 6.04 Å². The van der Waals surface area contributed by atoms with E-state index in [1.807, 2.05) is 11.3 Å². The van der Waals surface area contributed by atoms with E-state index in [0.29, 0.717) is 6.04 Å². The van der Waals surface area contributed by atoms with E-state index in [-0.39, 0.29) is 6.04 Å². The summed E-state index contributed by atoms with van der Waals surface area (Å²) >= 11 is 1.85. The fourth-order valence-corrected chi connectivity index (χ4v) is 3.39. The zero-order valence-corrected chi connectivity index (χ0v) is 13.6. The molecule has 2 nitrogen and oxygen atoms in total. The molecule has 0 bridgehead atoms. The Morgan fingerprint density at radius 3 is 2.21 bits per heavy atom. The van der Waals surface area contributed by atoms with Gasteiger partial charge in [-0.2, -0.15) is 0 Å². The molecule has 2 atom stereocenters. The van der Waals surface area contributed by atoms with Crippen LogP contribution in [0.25, 0.3) is 0 Å². The van der Waals surface area contributed by atoms with Crippen molar-refractivity contribution < 1.29 is 0 Å². The highest BCUT2D eigenvalue weighted by Crippen LogP contribution is 2.29. The van der Waals surface area contributed by atoms with Gasteiger partial charge in [0.1, 0.15) is 0 Å². The van der Waals surface area contributed by atoms with Gasteiger partial charge in [0, 0.05) is 10.9 Å². The molecule has 110 valence electrons. The Labute approximate surface area is 123 Å². The third kappa shape index (κ3) is 5.25. The molecule has 0 radical (unpaired) electrons. The van der Waals surface area contributed by atoms with Gasteiger partial charge in [-0.05, 0) is 43.8 Å². The lowest BCUT2D eigenvalue weighted by molar-refractivity contribution is 0.167. The first-order valence-electron chi connectivity index (χ1n) is 7.77. The van der Waals surface area contributed by atoms with Crippen LogP contribution in [0.3, 0.4) is 0 Å². The van der Waals surface area contributed by atoms with Crippen molar-refractivity contribution in [3.8, 4) is 0 Å². The number of hydrogen-bond donors (Lipinski definition) is 1. The fourth-order valence-electron chi connectivity index (χ4n) is 2.46. The van der Waals surface area contributed by atoms with Crippen LogP contribution in [0.15, 0.2) is 17.5 Å². The van der Waals surface area contributed by atoms with Crippen LogP contribution in [0.1, 0.15) is 63.8 Å². The molecule has 3 heteroatoms. The van der Waals surface area contributed by atoms with Crippen molar-refractivity contribution >= 4 is 11.3 Å². The van der Waals surface area contributed by atoms with E-state index in [4.69, 9.17) is 5.73 Å². The van der Waals surface area contributed by atoms with Gasteiger partial charge in [0.2, 0.25) is 0 Å². The van der Waals surface area contributed by atoms with Crippen molar-refractivity contribution in [1.82, 2.24) is 4.90 Å². The molecule has 2 unspecified atom stereocenters. The van der Waals surface area contributed by atoms with E-state index in [1.54, 1.807) is 0 Å². The van der Waals surface area contributed by atoms with Gasteiger partial charge < -0.3 is 5.73 Å². The van der Waals surface area contributed by atoms with Gasteiger partial charge in [0.25, 0.3) is 0 Å². The SMILES string of the molecule is CCCCN(CCCC)C(c1cccs1)C(N)CC. The number of thiophene rings is 1. The third-order valence-corrected chi connectivity index (χ3v) is 4.65. The first-order chi connectivity index (χ1) is 9.24. The Hall–Kier alpha value is -0.380. The number of rotatable bonds is 10. The molecule has 1 aromatic heterocycles. The molecule has 0 aliphatic rings. The van der Waals surface area contributed by atoms with Crippen LogP contribution < -0.4 is 5.73 Å². The maximum atomic E-state index is 6.42. The first-order valence-corrected chi connectivity index (χ1v) is 8.65.